The third kappa shape index (κ3) is 4.74. The summed E-state index contributed by atoms with van der Waals surface area (Å²) in [5.74, 6) is -4.84. The molecule has 0 spiro atoms. The molecule has 2 amide bonds. The van der Waals surface area contributed by atoms with Crippen molar-refractivity contribution in [2.24, 2.45) is 22.6 Å². The highest BCUT2D eigenvalue weighted by Crippen LogP contribution is 2.70. The van der Waals surface area contributed by atoms with Crippen LogP contribution < -0.4 is 15.8 Å². The molecule has 0 bridgehead atoms. The standard InChI is InChI=1S/C23H23F5N6O3S/c1-10-17-21(2,33-20(29)38-23(10,17)19(36)34(3)4)12-5-11(6-13(24)16(12)25)32-18(35)14-7-31-15(8-30-14)37-9-22(26,27)28/h5-8,10,17H,9H2,1-4H3,(H2,29,33)(H,32,35)/t10-,17?,21+,23-/m0/s1. The maximum absolute atomic E-state index is 15.2. The van der Waals surface area contributed by atoms with Crippen molar-refractivity contribution in [1.29, 1.82) is 0 Å². The van der Waals surface area contributed by atoms with Crippen LogP contribution in [-0.4, -0.2) is 63.5 Å². The molecule has 2 heterocycles. The quantitative estimate of drug-likeness (QED) is 0.522. The van der Waals surface area contributed by atoms with E-state index in [1.165, 1.54) is 11.0 Å². The Kier molecular flexibility index (Phi) is 6.78. The number of hydrogen-bond donors (Lipinski definition) is 2. The first kappa shape index (κ1) is 27.5. The number of amides is 2. The molecule has 2 aliphatic rings. The number of nitrogens with two attached hydrogens (primary N) is 1. The predicted octanol–water partition coefficient (Wildman–Crippen LogP) is 3.32. The Morgan fingerprint density at radius 2 is 1.89 bits per heavy atom. The number of alkyl halides is 3. The van der Waals surface area contributed by atoms with Crippen LogP contribution in [0.15, 0.2) is 29.5 Å². The molecule has 0 radical (unpaired) electrons. The van der Waals surface area contributed by atoms with Crippen molar-refractivity contribution >= 4 is 34.4 Å². The highest BCUT2D eigenvalue weighted by atomic mass is 32.2. The second kappa shape index (κ2) is 9.36. The zero-order valence-electron chi connectivity index (χ0n) is 20.6. The minimum absolute atomic E-state index is 0.0423. The maximum Gasteiger partial charge on any atom is 0.422 e. The van der Waals surface area contributed by atoms with Gasteiger partial charge in [-0.2, -0.15) is 13.2 Å². The number of benzene rings is 1. The average molecular weight is 559 g/mol. The van der Waals surface area contributed by atoms with Gasteiger partial charge in [0.25, 0.3) is 5.91 Å². The summed E-state index contributed by atoms with van der Waals surface area (Å²) in [6, 6.07) is 1.96. The van der Waals surface area contributed by atoms with E-state index in [1.54, 1.807) is 21.0 Å². The van der Waals surface area contributed by atoms with Gasteiger partial charge in [0.15, 0.2) is 23.4 Å². The number of halogens is 5. The van der Waals surface area contributed by atoms with E-state index in [4.69, 9.17) is 5.73 Å². The van der Waals surface area contributed by atoms with Gasteiger partial charge in [0, 0.05) is 37.3 Å². The smallest absolute Gasteiger partial charge is 0.422 e. The van der Waals surface area contributed by atoms with E-state index in [-0.39, 0.29) is 33.9 Å². The molecule has 1 aliphatic carbocycles. The van der Waals surface area contributed by atoms with Crippen LogP contribution in [0.2, 0.25) is 0 Å². The van der Waals surface area contributed by atoms with Gasteiger partial charge in [-0.3, -0.25) is 14.6 Å². The number of thioether (sulfide) groups is 1. The Morgan fingerprint density at radius 1 is 1.21 bits per heavy atom. The molecule has 3 N–H and O–H groups in total. The maximum atomic E-state index is 15.2. The fourth-order valence-corrected chi connectivity index (χ4v) is 6.59. The molecule has 1 aliphatic heterocycles. The van der Waals surface area contributed by atoms with Crippen LogP contribution in [0.1, 0.15) is 29.9 Å². The summed E-state index contributed by atoms with van der Waals surface area (Å²) in [5.41, 5.74) is 3.97. The first-order valence-electron chi connectivity index (χ1n) is 11.2. The Morgan fingerprint density at radius 3 is 2.47 bits per heavy atom. The molecule has 1 saturated carbocycles. The number of rotatable bonds is 6. The number of nitrogens with zero attached hydrogens (tertiary/aromatic N) is 4. The third-order valence-corrected chi connectivity index (χ3v) is 8.01. The third-order valence-electron chi connectivity index (χ3n) is 6.57. The molecule has 38 heavy (non-hydrogen) atoms. The summed E-state index contributed by atoms with van der Waals surface area (Å²) < 4.78 is 70.2. The Labute approximate surface area is 218 Å². The number of aliphatic imine (C=N–C) groups is 1. The van der Waals surface area contributed by atoms with Crippen molar-refractivity contribution < 1.29 is 36.3 Å². The van der Waals surface area contributed by atoms with Crippen molar-refractivity contribution in [2.45, 2.75) is 30.3 Å². The van der Waals surface area contributed by atoms with Gasteiger partial charge in [-0.15, -0.1) is 0 Å². The van der Waals surface area contributed by atoms with Crippen LogP contribution in [0.3, 0.4) is 0 Å². The first-order chi connectivity index (χ1) is 17.6. The monoisotopic (exact) mass is 558 g/mol. The van der Waals surface area contributed by atoms with Crippen LogP contribution in [0.5, 0.6) is 5.88 Å². The van der Waals surface area contributed by atoms with Gasteiger partial charge in [0.05, 0.1) is 17.9 Å². The molecule has 4 atom stereocenters. The van der Waals surface area contributed by atoms with Crippen LogP contribution in [0, 0.1) is 23.5 Å². The van der Waals surface area contributed by atoms with Gasteiger partial charge in [-0.25, -0.2) is 18.7 Å². The zero-order chi connectivity index (χ0) is 28.2. The number of nitrogens with one attached hydrogen (secondary N) is 1. The summed E-state index contributed by atoms with van der Waals surface area (Å²) >= 11 is 1.10. The normalized spacial score (nSPS) is 26.2. The highest BCUT2D eigenvalue weighted by molar-refractivity contribution is 8.15. The second-order valence-electron chi connectivity index (χ2n) is 9.38. The number of aromatic nitrogens is 2. The number of hydrogen-bond acceptors (Lipinski definition) is 8. The van der Waals surface area contributed by atoms with Crippen molar-refractivity contribution in [3.8, 4) is 5.88 Å². The lowest BCUT2D eigenvalue weighted by atomic mass is 9.84. The number of fused-ring (bicyclic) bond motifs is 1. The zero-order valence-corrected chi connectivity index (χ0v) is 21.4. The number of carbonyl (C=O) groups excluding carboxylic acids is 2. The molecule has 9 nitrogen and oxygen atoms in total. The molecule has 204 valence electrons. The van der Waals surface area contributed by atoms with Gasteiger partial charge in [0.1, 0.15) is 10.4 Å². The molecule has 4 rings (SSSR count). The van der Waals surface area contributed by atoms with Gasteiger partial charge in [0.2, 0.25) is 11.8 Å². The van der Waals surface area contributed by atoms with Crippen LogP contribution in [0.25, 0.3) is 0 Å². The molecule has 15 heteroatoms. The van der Waals surface area contributed by atoms with E-state index < -0.39 is 52.4 Å². The molecule has 1 unspecified atom stereocenters. The molecular formula is C23H23F5N6O3S. The predicted molar refractivity (Wildman–Crippen MR) is 129 cm³/mol. The minimum atomic E-state index is -4.58. The molecule has 1 aromatic heterocycles. The van der Waals surface area contributed by atoms with Gasteiger partial charge < -0.3 is 20.7 Å². The Bertz CT molecular complexity index is 1320. The van der Waals surface area contributed by atoms with Gasteiger partial charge in [-0.05, 0) is 18.9 Å². The summed E-state index contributed by atoms with van der Waals surface area (Å²) in [6.45, 7) is 1.78. The summed E-state index contributed by atoms with van der Waals surface area (Å²) in [7, 11) is 3.18. The lowest BCUT2D eigenvalue weighted by Crippen LogP contribution is -2.44. The highest BCUT2D eigenvalue weighted by Gasteiger charge is 2.76. The lowest BCUT2D eigenvalue weighted by Gasteiger charge is -2.34. The first-order valence-corrected chi connectivity index (χ1v) is 12.0. The van der Waals surface area contributed by atoms with E-state index >= 15 is 4.39 Å². The van der Waals surface area contributed by atoms with E-state index in [9.17, 15) is 27.2 Å². The number of ether oxygens (including phenoxy) is 1. The fraction of sp³-hybridized carbons (Fsp3) is 0.435. The van der Waals surface area contributed by atoms with Crippen molar-refractivity contribution in [2.75, 3.05) is 26.0 Å². The van der Waals surface area contributed by atoms with E-state index in [0.717, 1.165) is 30.2 Å². The van der Waals surface area contributed by atoms with Crippen molar-refractivity contribution in [1.82, 2.24) is 14.9 Å². The topological polar surface area (TPSA) is 123 Å². The van der Waals surface area contributed by atoms with Crippen LogP contribution >= 0.6 is 11.8 Å². The second-order valence-corrected chi connectivity index (χ2v) is 10.7. The van der Waals surface area contributed by atoms with Crippen LogP contribution in [0.4, 0.5) is 27.6 Å². The fourth-order valence-electron chi connectivity index (χ4n) is 4.92. The summed E-state index contributed by atoms with van der Waals surface area (Å²) in [6.07, 6.45) is -2.88. The van der Waals surface area contributed by atoms with Gasteiger partial charge in [-0.1, -0.05) is 18.7 Å². The molecule has 0 saturated heterocycles. The minimum Gasteiger partial charge on any atom is -0.467 e. The van der Waals surface area contributed by atoms with Crippen molar-refractivity contribution in [3.63, 3.8) is 0 Å². The van der Waals surface area contributed by atoms with Crippen LogP contribution in [-0.2, 0) is 10.3 Å². The molecular weight excluding hydrogens is 535 g/mol. The van der Waals surface area contributed by atoms with E-state index in [0.29, 0.717) is 0 Å². The summed E-state index contributed by atoms with van der Waals surface area (Å²) in [5, 5.41) is 2.41. The number of carbonyl (C=O) groups is 2. The Hall–Kier alpha value is -3.49. The number of amidine groups is 1. The SMILES string of the molecule is C[C@H]1C2[C@@]1(C(=O)N(C)C)SC(N)=N[C@]2(C)c1cc(NC(=O)c2cnc(OCC(F)(F)F)cn2)cc(F)c1F. The summed E-state index contributed by atoms with van der Waals surface area (Å²) in [4.78, 5) is 38.8. The number of anilines is 1. The van der Waals surface area contributed by atoms with Crippen molar-refractivity contribution in [3.05, 3.63) is 47.4 Å². The molecule has 1 fully saturated rings. The van der Waals surface area contributed by atoms with Gasteiger partial charge >= 0.3 is 6.18 Å². The average Bonchev–Trinajstić information content (AvgIpc) is 3.44. The molecule has 1 aromatic carbocycles. The lowest BCUT2D eigenvalue weighted by molar-refractivity contribution is -0.154. The largest absolute Gasteiger partial charge is 0.467 e. The van der Waals surface area contributed by atoms with E-state index in [1.807, 2.05) is 6.92 Å². The molecule has 2 aromatic rings. The Balaban J connectivity index is 1.62. The van der Waals surface area contributed by atoms with E-state index in [2.05, 4.69) is 25.0 Å².